The van der Waals surface area contributed by atoms with E-state index < -0.39 is 0 Å². The zero-order valence-corrected chi connectivity index (χ0v) is 9.86. The van der Waals surface area contributed by atoms with E-state index in [2.05, 4.69) is 31.3 Å². The molecule has 1 saturated heterocycles. The van der Waals surface area contributed by atoms with Gasteiger partial charge in [-0.2, -0.15) is 0 Å². The number of hydrogen-bond acceptors (Lipinski definition) is 1. The Kier molecular flexibility index (Phi) is 3.13. The molecule has 0 saturated carbocycles. The lowest BCUT2D eigenvalue weighted by molar-refractivity contribution is 0.252. The minimum Gasteiger partial charge on any atom is -0.336 e. The van der Waals surface area contributed by atoms with Gasteiger partial charge in [-0.15, -0.1) is 0 Å². The third-order valence-corrected chi connectivity index (χ3v) is 3.24. The van der Waals surface area contributed by atoms with Crippen molar-refractivity contribution < 1.29 is 4.79 Å². The first-order valence-corrected chi connectivity index (χ1v) is 5.87. The Bertz CT molecular complexity index is 372. The van der Waals surface area contributed by atoms with Gasteiger partial charge in [-0.1, -0.05) is 26.0 Å². The normalized spacial score (nSPS) is 17.4. The number of urea groups is 1. The molecule has 1 fully saturated rings. The summed E-state index contributed by atoms with van der Waals surface area (Å²) in [6.45, 7) is 5.91. The molecule has 1 aromatic rings. The molecular weight excluding hydrogens is 200 g/mol. The number of rotatable bonds is 3. The molecule has 1 unspecified atom stereocenters. The Labute approximate surface area is 96.5 Å². The highest BCUT2D eigenvalue weighted by atomic mass is 16.2. The van der Waals surface area contributed by atoms with Crippen molar-refractivity contribution in [1.82, 2.24) is 5.32 Å². The third kappa shape index (κ3) is 2.03. The number of benzene rings is 1. The van der Waals surface area contributed by atoms with Crippen LogP contribution in [0.3, 0.4) is 0 Å². The van der Waals surface area contributed by atoms with Gasteiger partial charge >= 0.3 is 6.03 Å². The van der Waals surface area contributed by atoms with Crippen LogP contribution in [-0.4, -0.2) is 19.1 Å². The Morgan fingerprint density at radius 3 is 2.56 bits per heavy atom. The summed E-state index contributed by atoms with van der Waals surface area (Å²) in [5, 5.41) is 2.80. The predicted molar refractivity (Wildman–Crippen MR) is 65.9 cm³/mol. The molecule has 0 bridgehead atoms. The highest BCUT2D eigenvalue weighted by Crippen LogP contribution is 2.23. The molecule has 86 valence electrons. The molecule has 1 aliphatic rings. The summed E-state index contributed by atoms with van der Waals surface area (Å²) >= 11 is 0. The van der Waals surface area contributed by atoms with Crippen LogP contribution < -0.4 is 10.2 Å². The number of carbonyl (C=O) groups excluding carboxylic acids is 1. The summed E-state index contributed by atoms with van der Waals surface area (Å²) in [4.78, 5) is 13.2. The average Bonchev–Trinajstić information content (AvgIpc) is 2.75. The monoisotopic (exact) mass is 218 g/mol. The molecule has 1 aromatic carbocycles. The van der Waals surface area contributed by atoms with Crippen molar-refractivity contribution in [1.29, 1.82) is 0 Å². The summed E-state index contributed by atoms with van der Waals surface area (Å²) in [5.41, 5.74) is 2.33. The Morgan fingerprint density at radius 2 is 2.06 bits per heavy atom. The van der Waals surface area contributed by atoms with Gasteiger partial charge in [0.15, 0.2) is 0 Å². The molecule has 2 rings (SSSR count). The fourth-order valence-corrected chi connectivity index (χ4v) is 1.94. The van der Waals surface area contributed by atoms with Gasteiger partial charge in [0.25, 0.3) is 0 Å². The highest BCUT2D eigenvalue weighted by Gasteiger charge is 2.20. The fraction of sp³-hybridized carbons (Fsp3) is 0.462. The highest BCUT2D eigenvalue weighted by molar-refractivity contribution is 5.93. The predicted octanol–water partition coefficient (Wildman–Crippen LogP) is 2.73. The molecule has 1 aliphatic heterocycles. The van der Waals surface area contributed by atoms with E-state index in [1.54, 1.807) is 4.90 Å². The number of nitrogens with one attached hydrogen (secondary N) is 1. The van der Waals surface area contributed by atoms with Crippen LogP contribution in [0.1, 0.15) is 31.7 Å². The van der Waals surface area contributed by atoms with E-state index in [0.717, 1.165) is 25.2 Å². The SMILES string of the molecule is CCC(C)c1ccc(N2CCNC2=O)cc1. The van der Waals surface area contributed by atoms with Gasteiger partial charge in [-0.25, -0.2) is 4.79 Å². The van der Waals surface area contributed by atoms with E-state index in [-0.39, 0.29) is 6.03 Å². The van der Waals surface area contributed by atoms with Gasteiger partial charge < -0.3 is 5.32 Å². The van der Waals surface area contributed by atoms with Crippen LogP contribution in [0.15, 0.2) is 24.3 Å². The number of anilines is 1. The Hall–Kier alpha value is -1.51. The van der Waals surface area contributed by atoms with Crippen LogP contribution >= 0.6 is 0 Å². The fourth-order valence-electron chi connectivity index (χ4n) is 1.94. The van der Waals surface area contributed by atoms with Crippen LogP contribution in [0.25, 0.3) is 0 Å². The zero-order valence-electron chi connectivity index (χ0n) is 9.86. The van der Waals surface area contributed by atoms with Gasteiger partial charge in [0, 0.05) is 18.8 Å². The van der Waals surface area contributed by atoms with E-state index >= 15 is 0 Å². The summed E-state index contributed by atoms with van der Waals surface area (Å²) < 4.78 is 0. The zero-order chi connectivity index (χ0) is 11.5. The van der Waals surface area contributed by atoms with Crippen LogP contribution in [0.5, 0.6) is 0 Å². The van der Waals surface area contributed by atoms with Crippen LogP contribution in [0.4, 0.5) is 10.5 Å². The molecule has 1 heterocycles. The maximum absolute atomic E-state index is 11.5. The Balaban J connectivity index is 2.15. The average molecular weight is 218 g/mol. The second-order valence-electron chi connectivity index (χ2n) is 4.28. The van der Waals surface area contributed by atoms with Gasteiger partial charge in [-0.3, -0.25) is 4.90 Å². The lowest BCUT2D eigenvalue weighted by atomic mass is 9.98. The molecule has 3 heteroatoms. The largest absolute Gasteiger partial charge is 0.336 e. The summed E-state index contributed by atoms with van der Waals surface area (Å²) in [5.74, 6) is 0.585. The van der Waals surface area contributed by atoms with E-state index in [4.69, 9.17) is 0 Å². The van der Waals surface area contributed by atoms with Crippen LogP contribution in [-0.2, 0) is 0 Å². The second-order valence-corrected chi connectivity index (χ2v) is 4.28. The van der Waals surface area contributed by atoms with Crippen LogP contribution in [0, 0.1) is 0 Å². The van der Waals surface area contributed by atoms with Crippen molar-refractivity contribution in [2.75, 3.05) is 18.0 Å². The lowest BCUT2D eigenvalue weighted by Gasteiger charge is -2.16. The van der Waals surface area contributed by atoms with Crippen molar-refractivity contribution in [2.45, 2.75) is 26.2 Å². The molecule has 0 aromatic heterocycles. The second kappa shape index (κ2) is 4.56. The first-order chi connectivity index (χ1) is 7.72. The maximum Gasteiger partial charge on any atom is 0.321 e. The van der Waals surface area contributed by atoms with E-state index in [1.807, 2.05) is 12.1 Å². The van der Waals surface area contributed by atoms with Gasteiger partial charge in [0.1, 0.15) is 0 Å². The Morgan fingerprint density at radius 1 is 1.38 bits per heavy atom. The maximum atomic E-state index is 11.5. The van der Waals surface area contributed by atoms with Crippen molar-refractivity contribution in [3.05, 3.63) is 29.8 Å². The smallest absolute Gasteiger partial charge is 0.321 e. The summed E-state index contributed by atoms with van der Waals surface area (Å²) in [7, 11) is 0. The number of hydrogen-bond donors (Lipinski definition) is 1. The van der Waals surface area contributed by atoms with Crippen molar-refractivity contribution >= 4 is 11.7 Å². The molecule has 0 spiro atoms. The van der Waals surface area contributed by atoms with Gasteiger partial charge in [-0.05, 0) is 30.0 Å². The molecule has 0 aliphatic carbocycles. The van der Waals surface area contributed by atoms with E-state index in [9.17, 15) is 4.79 Å². The van der Waals surface area contributed by atoms with Crippen LogP contribution in [0.2, 0.25) is 0 Å². The number of amides is 2. The first-order valence-electron chi connectivity index (χ1n) is 5.87. The number of carbonyl (C=O) groups is 1. The van der Waals surface area contributed by atoms with Gasteiger partial charge in [0.2, 0.25) is 0 Å². The molecule has 3 nitrogen and oxygen atoms in total. The minimum atomic E-state index is 0.0105. The minimum absolute atomic E-state index is 0.0105. The molecule has 2 amide bonds. The topological polar surface area (TPSA) is 32.3 Å². The van der Waals surface area contributed by atoms with Crippen molar-refractivity contribution in [2.24, 2.45) is 0 Å². The quantitative estimate of drug-likeness (QED) is 0.831. The standard InChI is InChI=1S/C13H18N2O/c1-3-10(2)11-4-6-12(7-5-11)15-9-8-14-13(15)16/h4-7,10H,3,8-9H2,1-2H3,(H,14,16). The summed E-state index contributed by atoms with van der Waals surface area (Å²) in [6, 6.07) is 8.32. The molecule has 0 radical (unpaired) electrons. The third-order valence-electron chi connectivity index (χ3n) is 3.24. The van der Waals surface area contributed by atoms with Crippen molar-refractivity contribution in [3.8, 4) is 0 Å². The van der Waals surface area contributed by atoms with E-state index in [1.165, 1.54) is 5.56 Å². The number of nitrogens with zero attached hydrogens (tertiary/aromatic N) is 1. The summed E-state index contributed by atoms with van der Waals surface area (Å²) in [6.07, 6.45) is 1.14. The molecule has 16 heavy (non-hydrogen) atoms. The van der Waals surface area contributed by atoms with Crippen molar-refractivity contribution in [3.63, 3.8) is 0 Å². The van der Waals surface area contributed by atoms with E-state index in [0.29, 0.717) is 5.92 Å². The lowest BCUT2D eigenvalue weighted by Crippen LogP contribution is -2.27. The van der Waals surface area contributed by atoms with Gasteiger partial charge in [0.05, 0.1) is 0 Å². The molecule has 1 N–H and O–H groups in total. The first kappa shape index (κ1) is 11.0. The molecule has 1 atom stereocenters. The molecular formula is C13H18N2O.